The number of aromatic nitrogens is 15. The first-order chi connectivity index (χ1) is 66.5. The summed E-state index contributed by atoms with van der Waals surface area (Å²) in [6, 6.07) is 90.0. The van der Waals surface area contributed by atoms with Crippen LogP contribution in [0.2, 0.25) is 0 Å². The van der Waals surface area contributed by atoms with Gasteiger partial charge >= 0.3 is 26.3 Å². The molecule has 18 rings (SSSR count). The molecule has 0 bridgehead atoms. The van der Waals surface area contributed by atoms with Gasteiger partial charge in [0.1, 0.15) is 40.7 Å². The van der Waals surface area contributed by atoms with Gasteiger partial charge in [-0.3, -0.25) is 22.7 Å². The third-order valence-corrected chi connectivity index (χ3v) is 19.3. The van der Waals surface area contributed by atoms with Gasteiger partial charge < -0.3 is 59.0 Å². The molecule has 13 aromatic carbocycles. The van der Waals surface area contributed by atoms with Gasteiger partial charge in [0.15, 0.2) is 23.3 Å². The Hall–Kier alpha value is -13.0. The van der Waals surface area contributed by atoms with Crippen LogP contribution in [0.1, 0.15) is 72.2 Å². The molecule has 0 fully saturated rings. The van der Waals surface area contributed by atoms with Crippen molar-refractivity contribution >= 4 is 0 Å². The van der Waals surface area contributed by atoms with Crippen LogP contribution < -0.4 is 5.10 Å². The molecule has 3 radical (unpaired) electrons. The van der Waals surface area contributed by atoms with Gasteiger partial charge in [-0.2, -0.15) is 39.1 Å². The summed E-state index contributed by atoms with van der Waals surface area (Å²) in [6.07, 6.45) is -5.39. The average molecular weight is 2670 g/mol. The monoisotopic (exact) mass is 2670 g/mol. The minimum absolute atomic E-state index is 0. The minimum Gasteiger partial charge on any atom is -0.462 e. The van der Waals surface area contributed by atoms with Crippen LogP contribution in [0.15, 0.2) is 297 Å². The largest absolute Gasteiger partial charge is 3.00 e. The van der Waals surface area contributed by atoms with Crippen molar-refractivity contribution in [2.24, 2.45) is 0 Å². The van der Waals surface area contributed by atoms with E-state index in [1.807, 2.05) is 70.7 Å². The van der Waals surface area contributed by atoms with E-state index < -0.39 is 29.5 Å². The molecule has 0 aliphatic heterocycles. The van der Waals surface area contributed by atoms with E-state index in [9.17, 15) is 57.1 Å². The van der Waals surface area contributed by atoms with Crippen LogP contribution >= 0.6 is 0 Å². The standard InChI is InChI=1S/C21H14F2N3.2C20H11F3N3.C20H12F2N3.C9H4F3N3.3C5H12O2.4Ir/c1-14-2-12-19(13-3-14)26-20(15-4-8-17(22)9-5-15)24-25-21(26)16-6-10-18(23)11-7-16;21-15-5-1-13(2-6-15)19-24-25-20(14-3-7-16(22)8-4-14)26(19)18-11-9-17(23)10-12-18;21-15-8-4-13(5-9-15)19-24-25-20(14-6-10-16(22)11-7-14)26(19)18-3-1-2-17(23)12-18;21-16-10-6-14(7-11-16)19-23-24-20(15-8-12-17(22)13-9-15)25(19)18-4-2-1-3-5-18;10-9(11,12)8-13-7(14-15-8)6-4-2-1-3-5-6;3*1-4(6)3-5(2)7;;;;/h2-6,8-13H,1H3;1-3,5-12H;1-6,8-12H;1-8,10-13H;1-4H;3*4-7H,3H2,1-2H3;;;;/q4*-1;-2;;;;;;;+3. The summed E-state index contributed by atoms with van der Waals surface area (Å²) < 4.78 is 177. The molecule has 5 heterocycles. The number of aliphatic hydroxyl groups is 6. The van der Waals surface area contributed by atoms with Crippen molar-refractivity contribution < 1.29 is 168 Å². The summed E-state index contributed by atoms with van der Waals surface area (Å²) in [4.78, 5) is 3.27. The summed E-state index contributed by atoms with van der Waals surface area (Å²) in [5.41, 5.74) is 9.28. The third kappa shape index (κ3) is 35.0. The van der Waals surface area contributed by atoms with Crippen molar-refractivity contribution in [2.45, 2.75) is 111 Å². The number of halogens is 13. The summed E-state index contributed by atoms with van der Waals surface area (Å²) in [5, 5.41) is 91.5. The molecule has 0 spiro atoms. The normalized spacial score (nSPS) is 11.8. The fourth-order valence-corrected chi connectivity index (χ4v) is 13.1. The van der Waals surface area contributed by atoms with E-state index in [1.165, 1.54) is 133 Å². The molecule has 38 heteroatoms. The van der Waals surface area contributed by atoms with Crippen molar-refractivity contribution in [3.8, 4) is 125 Å². The quantitative estimate of drug-likeness (QED) is 0.0324. The fourth-order valence-electron chi connectivity index (χ4n) is 13.1. The Kier molecular flexibility index (Phi) is 46.4. The molecular formula is C105H88F13Ir4N15O6-3. The van der Waals surface area contributed by atoms with Crippen LogP contribution in [-0.2, 0) is 86.6 Å². The molecule has 0 amide bonds. The van der Waals surface area contributed by atoms with Gasteiger partial charge in [-0.25, -0.2) is 26.3 Å². The van der Waals surface area contributed by atoms with Crippen molar-refractivity contribution in [1.29, 1.82) is 0 Å². The molecule has 0 aliphatic carbocycles. The average Bonchev–Trinajstić information content (AvgIpc) is 1.65. The Labute approximate surface area is 868 Å². The summed E-state index contributed by atoms with van der Waals surface area (Å²) in [7, 11) is 0. The van der Waals surface area contributed by atoms with E-state index in [4.69, 9.17) is 30.6 Å². The summed E-state index contributed by atoms with van der Waals surface area (Å²) in [6.45, 7) is 12.0. The Morgan fingerprint density at radius 3 is 0.811 bits per heavy atom. The van der Waals surface area contributed by atoms with Gasteiger partial charge in [-0.1, -0.05) is 42.0 Å². The summed E-state index contributed by atoms with van der Waals surface area (Å²) >= 11 is 0. The van der Waals surface area contributed by atoms with E-state index in [-0.39, 0.29) is 164 Å². The molecule has 5 aromatic heterocycles. The van der Waals surface area contributed by atoms with Gasteiger partial charge in [0.25, 0.3) is 0 Å². The molecule has 6 N–H and O–H groups in total. The Balaban J connectivity index is 0.000000231. The topological polar surface area (TPSA) is 284 Å². The van der Waals surface area contributed by atoms with E-state index in [2.05, 4.69) is 86.3 Å². The predicted molar refractivity (Wildman–Crippen MR) is 497 cm³/mol. The number of benzene rings is 13. The number of aliphatic hydroxyl groups excluding tert-OH is 6. The van der Waals surface area contributed by atoms with Gasteiger partial charge in [0.05, 0.1) is 59.9 Å². The number of aryl methyl sites for hydroxylation is 1. The van der Waals surface area contributed by atoms with Crippen molar-refractivity contribution in [3.63, 3.8) is 0 Å². The van der Waals surface area contributed by atoms with Crippen molar-refractivity contribution in [2.75, 3.05) is 0 Å². The minimum atomic E-state index is -4.56. The number of nitrogens with zero attached hydrogens (tertiary/aromatic N) is 15. The van der Waals surface area contributed by atoms with Crippen LogP contribution in [0.3, 0.4) is 0 Å². The van der Waals surface area contributed by atoms with Crippen molar-refractivity contribution in [3.05, 3.63) is 397 Å². The number of rotatable bonds is 19. The molecule has 18 aromatic rings. The molecule has 749 valence electrons. The molecule has 143 heavy (non-hydrogen) atoms. The zero-order chi connectivity index (χ0) is 100.0. The zero-order valence-electron chi connectivity index (χ0n) is 76.5. The number of alkyl halides is 3. The second-order valence-electron chi connectivity index (χ2n) is 31.1. The SMILES string of the molecule is CC(O)CC(C)O.CC(O)CC(C)O.CC(O)CC(C)O.Cc1ccc(-n2c(-c3[c-]cc(F)cc3)nnc2-c2ccc(F)cc2)cc1.FC(F)(F)c1n[n-]c(-c2[c-]cccc2)n1.Fc1c[c-]c(-c2nnc(-c3ccc(F)cc3)n2-c2ccc(F)cc2)cc1.Fc1c[c-]c(-c2nnc(-c3ccc(F)cc3)n2-c2cccc(F)c2)cc1.Fc1c[c-]c(-c2nnc(-c3ccc(F)cc3)n2-c2ccccc2)cc1.[Ir+3].[Ir].[Ir].[Ir]. The molecule has 0 saturated carbocycles. The van der Waals surface area contributed by atoms with Crippen LogP contribution in [0.4, 0.5) is 57.1 Å². The van der Waals surface area contributed by atoms with Crippen LogP contribution in [-0.4, -0.2) is 136 Å². The van der Waals surface area contributed by atoms with E-state index >= 15 is 0 Å². The smallest absolute Gasteiger partial charge is 0.462 e. The first-order valence-electron chi connectivity index (χ1n) is 42.7. The molecule has 21 nitrogen and oxygen atoms in total. The molecule has 6 atom stereocenters. The number of para-hydroxylation sites is 1. The molecule has 6 unspecified atom stereocenters. The predicted octanol–water partition coefficient (Wildman–Crippen LogP) is 21.6. The first-order valence-corrected chi connectivity index (χ1v) is 42.7. The second-order valence-corrected chi connectivity index (χ2v) is 31.1. The maximum atomic E-state index is 13.8. The second kappa shape index (κ2) is 56.7. The van der Waals surface area contributed by atoms with E-state index in [0.717, 1.165) is 28.1 Å². The summed E-state index contributed by atoms with van der Waals surface area (Å²) in [5.74, 6) is -1.20. The zero-order valence-corrected chi connectivity index (χ0v) is 86.1. The number of hydrogen-bond donors (Lipinski definition) is 6. The maximum Gasteiger partial charge on any atom is 3.00 e. The Bertz CT molecular complexity index is 6350. The van der Waals surface area contributed by atoms with Crippen LogP contribution in [0, 0.1) is 95.4 Å². The molecular weight excluding hydrogens is 2580 g/mol. The van der Waals surface area contributed by atoms with Gasteiger partial charge in [-0.15, -0.1) is 176 Å². The Morgan fingerprint density at radius 2 is 0.552 bits per heavy atom. The van der Waals surface area contributed by atoms with Crippen molar-refractivity contribution in [1.82, 2.24) is 74.2 Å². The van der Waals surface area contributed by atoms with E-state index in [1.54, 1.807) is 160 Å². The Morgan fingerprint density at radius 1 is 0.287 bits per heavy atom. The number of hydrogen-bond acceptors (Lipinski definition) is 16. The fraction of sp³-hybridized carbons (Fsp3) is 0.162. The van der Waals surface area contributed by atoms with Crippen LogP contribution in [0.5, 0.6) is 0 Å². The third-order valence-electron chi connectivity index (χ3n) is 19.3. The van der Waals surface area contributed by atoms with E-state index in [0.29, 0.717) is 116 Å². The van der Waals surface area contributed by atoms with Gasteiger partial charge in [0.2, 0.25) is 0 Å². The maximum absolute atomic E-state index is 13.8. The molecule has 0 saturated heterocycles. The van der Waals surface area contributed by atoms with Crippen LogP contribution in [0.25, 0.3) is 125 Å². The van der Waals surface area contributed by atoms with Gasteiger partial charge in [-0.05, 0) is 232 Å². The first kappa shape index (κ1) is 117. The molecule has 0 aliphatic rings. The van der Waals surface area contributed by atoms with Gasteiger partial charge in [0, 0.05) is 129 Å².